The first kappa shape index (κ1) is 27.6. The van der Waals surface area contributed by atoms with E-state index in [4.69, 9.17) is 3.97 Å². The van der Waals surface area contributed by atoms with Crippen molar-refractivity contribution in [2.75, 3.05) is 25.7 Å². The molecule has 0 spiro atoms. The molecule has 0 saturated carbocycles. The van der Waals surface area contributed by atoms with Crippen molar-refractivity contribution in [1.29, 1.82) is 0 Å². The number of benzene rings is 1. The Morgan fingerprint density at radius 2 is 1.17 bits per heavy atom. The van der Waals surface area contributed by atoms with Crippen LogP contribution in [0.4, 0.5) is 0 Å². The van der Waals surface area contributed by atoms with E-state index in [1.54, 1.807) is 12.1 Å². The van der Waals surface area contributed by atoms with Crippen LogP contribution in [0.15, 0.2) is 29.2 Å². The van der Waals surface area contributed by atoms with Gasteiger partial charge in [0.25, 0.3) is 0 Å². The fourth-order valence-electron chi connectivity index (χ4n) is 3.79. The molecule has 3 nitrogen and oxygen atoms in total. The summed E-state index contributed by atoms with van der Waals surface area (Å²) in [4.78, 5) is 0.273. The van der Waals surface area contributed by atoms with Crippen molar-refractivity contribution in [2.24, 2.45) is 10.8 Å². The first-order valence-corrected chi connectivity index (χ1v) is 16.3. The van der Waals surface area contributed by atoms with Crippen molar-refractivity contribution in [3.05, 3.63) is 29.8 Å². The van der Waals surface area contributed by atoms with E-state index in [2.05, 4.69) is 54.9 Å². The van der Waals surface area contributed by atoms with Gasteiger partial charge in [0.15, 0.2) is 0 Å². The Bertz CT molecular complexity index is 740. The Hall–Kier alpha value is -0.440. The van der Waals surface area contributed by atoms with Gasteiger partial charge in [-0.05, 0) is 0 Å². The molecule has 0 amide bonds. The molecule has 0 radical (unpaired) electrons. The topological polar surface area (TPSA) is 43.4 Å². The first-order valence-electron chi connectivity index (χ1n) is 11.4. The van der Waals surface area contributed by atoms with Gasteiger partial charge in [0.05, 0.1) is 0 Å². The summed E-state index contributed by atoms with van der Waals surface area (Å²) >= 11 is 0. The molecule has 0 aliphatic heterocycles. The molecule has 0 saturated heterocycles. The summed E-state index contributed by atoms with van der Waals surface area (Å²) in [6, 6.07) is 7.01. The van der Waals surface area contributed by atoms with Crippen LogP contribution >= 0.6 is 6.83 Å². The molecule has 0 unspecified atom stereocenters. The van der Waals surface area contributed by atoms with Crippen LogP contribution in [0.5, 0.6) is 0 Å². The average molecular weight is 459 g/mol. The van der Waals surface area contributed by atoms with Crippen LogP contribution < -0.4 is 0 Å². The van der Waals surface area contributed by atoms with Crippen molar-refractivity contribution in [3.8, 4) is 0 Å². The number of aryl methyl sites for hydroxylation is 1. The Morgan fingerprint density at radius 3 is 1.53 bits per heavy atom. The Morgan fingerprint density at radius 1 is 0.767 bits per heavy atom. The zero-order valence-electron chi connectivity index (χ0n) is 21.0. The molecule has 0 bridgehead atoms. The Balaban J connectivity index is 2.98. The second kappa shape index (κ2) is 10.0. The molecule has 0 N–H and O–H groups in total. The average Bonchev–Trinajstić information content (AvgIpc) is 2.54. The Kier molecular flexibility index (Phi) is 9.20. The van der Waals surface area contributed by atoms with Crippen LogP contribution in [0.1, 0.15) is 85.6 Å². The van der Waals surface area contributed by atoms with Crippen LogP contribution in [-0.4, -0.2) is 34.1 Å². The van der Waals surface area contributed by atoms with Gasteiger partial charge in [-0.25, -0.2) is 0 Å². The molecule has 0 aliphatic rings. The van der Waals surface area contributed by atoms with Gasteiger partial charge in [0.1, 0.15) is 0 Å². The zero-order valence-corrected chi connectivity index (χ0v) is 22.8. The molecule has 1 rings (SSSR count). The quantitative estimate of drug-likeness (QED) is 0.250. The monoisotopic (exact) mass is 458 g/mol. The number of rotatable bonds is 11. The van der Waals surface area contributed by atoms with E-state index in [0.717, 1.165) is 56.4 Å². The molecule has 0 fully saturated rings. The minimum atomic E-state index is -3.77. The van der Waals surface area contributed by atoms with Crippen molar-refractivity contribution < 1.29 is 12.4 Å². The summed E-state index contributed by atoms with van der Waals surface area (Å²) in [5.74, 6) is 0. The van der Waals surface area contributed by atoms with Crippen molar-refractivity contribution in [3.63, 3.8) is 0 Å². The molecular weight excluding hydrogens is 411 g/mol. The molecule has 1 aromatic rings. The third kappa shape index (κ3) is 10.7. The molecule has 0 aromatic heterocycles. The first-order chi connectivity index (χ1) is 13.4. The summed E-state index contributed by atoms with van der Waals surface area (Å²) in [7, 11) is -3.77. The maximum atomic E-state index is 13.2. The summed E-state index contributed by atoms with van der Waals surface area (Å²) < 4.78 is 32.5. The van der Waals surface area contributed by atoms with Gasteiger partial charge < -0.3 is 0 Å². The second-order valence-corrected chi connectivity index (χ2v) is 20.4. The van der Waals surface area contributed by atoms with E-state index in [9.17, 15) is 8.42 Å². The van der Waals surface area contributed by atoms with Gasteiger partial charge in [-0.15, -0.1) is 0 Å². The van der Waals surface area contributed by atoms with Crippen LogP contribution in [0, 0.1) is 17.8 Å². The molecule has 0 heterocycles. The summed E-state index contributed by atoms with van der Waals surface area (Å²) in [6.45, 7) is 16.9. The fourth-order valence-corrected chi connectivity index (χ4v) is 10.5. The molecule has 5 heteroatoms. The normalized spacial score (nSPS) is 15.0. The molecule has 0 aliphatic carbocycles. The SMILES string of the molecule is Cc1ccc(S(=O)(=O)OP(C)(C)(CCCCC(C)(C)C)CCCCC(C)(C)C)cc1. The van der Waals surface area contributed by atoms with Gasteiger partial charge >= 0.3 is 188 Å². The van der Waals surface area contributed by atoms with Crippen LogP contribution in [-0.2, 0) is 14.1 Å². The third-order valence-corrected chi connectivity index (χ3v) is 12.8. The van der Waals surface area contributed by atoms with E-state index >= 15 is 0 Å². The predicted molar refractivity (Wildman–Crippen MR) is 135 cm³/mol. The van der Waals surface area contributed by atoms with E-state index in [1.807, 2.05) is 19.1 Å². The molecular formula is C25H47O3PS. The summed E-state index contributed by atoms with van der Waals surface area (Å²) in [5.41, 5.74) is 1.66. The van der Waals surface area contributed by atoms with Crippen LogP contribution in [0.3, 0.4) is 0 Å². The number of hydrogen-bond donors (Lipinski definition) is 0. The number of unbranched alkanes of at least 4 members (excludes halogenated alkanes) is 2. The molecule has 176 valence electrons. The standard InChI is InChI=1S/C25H47O3PS/c1-22-14-16-23(17-15-22)30(26,27)28-29(8,9,20-12-10-18-24(2,3)4)21-13-11-19-25(5,6)7/h14-17H,10-13,18-21H2,1-9H3. The van der Waals surface area contributed by atoms with Gasteiger partial charge in [-0.1, -0.05) is 0 Å². The Labute approximate surface area is 187 Å². The zero-order chi connectivity index (χ0) is 23.3. The van der Waals surface area contributed by atoms with Gasteiger partial charge in [-0.3, -0.25) is 0 Å². The van der Waals surface area contributed by atoms with Crippen molar-refractivity contribution in [1.82, 2.24) is 0 Å². The summed E-state index contributed by atoms with van der Waals surface area (Å²) in [5, 5.41) is 0. The van der Waals surface area contributed by atoms with Crippen LogP contribution in [0.25, 0.3) is 0 Å². The van der Waals surface area contributed by atoms with E-state index in [0.29, 0.717) is 10.8 Å². The van der Waals surface area contributed by atoms with Crippen molar-refractivity contribution >= 4 is 16.9 Å². The predicted octanol–water partition coefficient (Wildman–Crippen LogP) is 7.86. The second-order valence-electron chi connectivity index (χ2n) is 12.4. The molecule has 1 aromatic carbocycles. The van der Waals surface area contributed by atoms with Gasteiger partial charge in [0.2, 0.25) is 0 Å². The van der Waals surface area contributed by atoms with Crippen LogP contribution in [0.2, 0.25) is 0 Å². The maximum absolute atomic E-state index is 13.2. The minimum absolute atomic E-state index is 0.273. The van der Waals surface area contributed by atoms with Crippen molar-refractivity contribution in [2.45, 2.75) is 91.9 Å². The molecule has 30 heavy (non-hydrogen) atoms. The van der Waals surface area contributed by atoms with Gasteiger partial charge in [-0.2, -0.15) is 0 Å². The molecule has 0 atom stereocenters. The van der Waals surface area contributed by atoms with E-state index in [-0.39, 0.29) is 4.90 Å². The fraction of sp³-hybridized carbons (Fsp3) is 0.760. The third-order valence-electron chi connectivity index (χ3n) is 5.73. The van der Waals surface area contributed by atoms with E-state index in [1.165, 1.54) is 0 Å². The number of hydrogen-bond acceptors (Lipinski definition) is 3. The van der Waals surface area contributed by atoms with Gasteiger partial charge in [0, 0.05) is 0 Å². The summed E-state index contributed by atoms with van der Waals surface area (Å²) in [6.07, 6.45) is 8.28. The van der Waals surface area contributed by atoms with E-state index < -0.39 is 16.9 Å².